The second-order valence-corrected chi connectivity index (χ2v) is 5.94. The zero-order chi connectivity index (χ0) is 14.7. The molecule has 3 N–H and O–H groups in total. The van der Waals surface area contributed by atoms with E-state index >= 15 is 0 Å². The van der Waals surface area contributed by atoms with Gasteiger partial charge in [-0.2, -0.15) is 0 Å². The summed E-state index contributed by atoms with van der Waals surface area (Å²) in [5.74, 6) is 0.186. The molecule has 0 aliphatic rings. The zero-order valence-electron chi connectivity index (χ0n) is 11.6. The molecule has 106 valence electrons. The van der Waals surface area contributed by atoms with Gasteiger partial charge in [-0.1, -0.05) is 28.9 Å². The van der Waals surface area contributed by atoms with Gasteiger partial charge in [0.1, 0.15) is 0 Å². The molecule has 1 atom stereocenters. The molecule has 0 spiro atoms. The molecule has 2 aromatic rings. The first-order valence-electron chi connectivity index (χ1n) is 6.56. The van der Waals surface area contributed by atoms with E-state index in [0.29, 0.717) is 18.7 Å². The average molecular weight is 336 g/mol. The fourth-order valence-electron chi connectivity index (χ4n) is 1.97. The molecule has 0 aliphatic heterocycles. The van der Waals surface area contributed by atoms with E-state index in [4.69, 9.17) is 5.73 Å². The highest BCUT2D eigenvalue weighted by Gasteiger charge is 2.12. The van der Waals surface area contributed by atoms with E-state index in [0.717, 1.165) is 21.1 Å². The van der Waals surface area contributed by atoms with Gasteiger partial charge in [0.05, 0.1) is 11.1 Å². The fourth-order valence-corrected chi connectivity index (χ4v) is 2.32. The third-order valence-corrected chi connectivity index (χ3v) is 3.65. The molecule has 1 heterocycles. The van der Waals surface area contributed by atoms with E-state index in [2.05, 4.69) is 26.2 Å². The number of nitrogens with two attached hydrogens (primary N) is 1. The lowest BCUT2D eigenvalue weighted by molar-refractivity contribution is 0.0950. The molecule has 0 saturated heterocycles. The predicted octanol–water partition coefficient (Wildman–Crippen LogP) is 2.63. The Balaban J connectivity index is 2.35. The number of carbonyl (C=O) groups is 1. The summed E-state index contributed by atoms with van der Waals surface area (Å²) in [5, 5.41) is 3.78. The number of pyridine rings is 1. The van der Waals surface area contributed by atoms with Gasteiger partial charge in [-0.05, 0) is 37.6 Å². The highest BCUT2D eigenvalue weighted by Crippen LogP contribution is 2.22. The number of benzene rings is 1. The van der Waals surface area contributed by atoms with E-state index in [1.54, 1.807) is 0 Å². The van der Waals surface area contributed by atoms with Crippen molar-refractivity contribution in [2.45, 2.75) is 13.8 Å². The fraction of sp³-hybridized carbons (Fsp3) is 0.333. The molecular weight excluding hydrogens is 318 g/mol. The van der Waals surface area contributed by atoms with Gasteiger partial charge in [-0.25, -0.2) is 0 Å². The SMILES string of the molecule is Cc1cc(C(=O)NCC(C)CN)c2ccc(Br)cc2n1. The van der Waals surface area contributed by atoms with Gasteiger partial charge in [-0.15, -0.1) is 0 Å². The molecule has 1 aromatic heterocycles. The van der Waals surface area contributed by atoms with Gasteiger partial charge in [0.15, 0.2) is 0 Å². The van der Waals surface area contributed by atoms with Gasteiger partial charge >= 0.3 is 0 Å². The molecule has 20 heavy (non-hydrogen) atoms. The van der Waals surface area contributed by atoms with Crippen LogP contribution in [0.25, 0.3) is 10.9 Å². The molecule has 1 aromatic carbocycles. The van der Waals surface area contributed by atoms with Crippen LogP contribution in [0.15, 0.2) is 28.7 Å². The molecular formula is C15H18BrN3O. The van der Waals surface area contributed by atoms with E-state index in [9.17, 15) is 4.79 Å². The third kappa shape index (κ3) is 3.35. The second-order valence-electron chi connectivity index (χ2n) is 5.02. The Labute approximate surface area is 126 Å². The van der Waals surface area contributed by atoms with Gasteiger partial charge in [0, 0.05) is 22.1 Å². The summed E-state index contributed by atoms with van der Waals surface area (Å²) in [6.45, 7) is 5.03. The third-order valence-electron chi connectivity index (χ3n) is 3.16. The Kier molecular flexibility index (Phi) is 4.73. The van der Waals surface area contributed by atoms with Crippen LogP contribution in [0, 0.1) is 12.8 Å². The topological polar surface area (TPSA) is 68.0 Å². The lowest BCUT2D eigenvalue weighted by Gasteiger charge is -2.12. The molecule has 4 nitrogen and oxygen atoms in total. The first kappa shape index (κ1) is 14.9. The van der Waals surface area contributed by atoms with Crippen molar-refractivity contribution in [2.24, 2.45) is 11.7 Å². The van der Waals surface area contributed by atoms with Crippen molar-refractivity contribution < 1.29 is 4.79 Å². The lowest BCUT2D eigenvalue weighted by atomic mass is 10.1. The number of rotatable bonds is 4. The Morgan fingerprint density at radius 1 is 1.45 bits per heavy atom. The highest BCUT2D eigenvalue weighted by molar-refractivity contribution is 9.10. The van der Waals surface area contributed by atoms with Crippen LogP contribution >= 0.6 is 15.9 Å². The maximum atomic E-state index is 12.3. The van der Waals surface area contributed by atoms with Crippen LogP contribution in [0.1, 0.15) is 23.0 Å². The number of nitrogens with one attached hydrogen (secondary N) is 1. The molecule has 5 heteroatoms. The quantitative estimate of drug-likeness (QED) is 0.902. The van der Waals surface area contributed by atoms with Crippen LogP contribution in [0.3, 0.4) is 0 Å². The van der Waals surface area contributed by atoms with Crippen molar-refractivity contribution >= 4 is 32.7 Å². The molecule has 1 unspecified atom stereocenters. The van der Waals surface area contributed by atoms with E-state index < -0.39 is 0 Å². The number of carbonyl (C=O) groups excluding carboxylic acids is 1. The van der Waals surface area contributed by atoms with E-state index in [1.165, 1.54) is 0 Å². The van der Waals surface area contributed by atoms with Crippen molar-refractivity contribution in [2.75, 3.05) is 13.1 Å². The lowest BCUT2D eigenvalue weighted by Crippen LogP contribution is -2.31. The molecule has 2 rings (SSSR count). The van der Waals surface area contributed by atoms with E-state index in [1.807, 2.05) is 38.1 Å². The van der Waals surface area contributed by atoms with Gasteiger partial charge in [0.2, 0.25) is 0 Å². The second kappa shape index (κ2) is 6.33. The predicted molar refractivity (Wildman–Crippen MR) is 84.7 cm³/mol. The largest absolute Gasteiger partial charge is 0.352 e. The molecule has 0 aliphatic carbocycles. The number of hydrogen-bond acceptors (Lipinski definition) is 3. The number of halogens is 1. The van der Waals surface area contributed by atoms with Crippen LogP contribution in [0.5, 0.6) is 0 Å². The van der Waals surface area contributed by atoms with Gasteiger partial charge in [-0.3, -0.25) is 9.78 Å². The van der Waals surface area contributed by atoms with Crippen LogP contribution < -0.4 is 11.1 Å². The maximum Gasteiger partial charge on any atom is 0.252 e. The summed E-state index contributed by atoms with van der Waals surface area (Å²) >= 11 is 3.42. The number of amides is 1. The summed E-state index contributed by atoms with van der Waals surface area (Å²) in [6.07, 6.45) is 0. The minimum absolute atomic E-state index is 0.0804. The van der Waals surface area contributed by atoms with E-state index in [-0.39, 0.29) is 11.8 Å². The van der Waals surface area contributed by atoms with Crippen molar-refractivity contribution in [1.29, 1.82) is 0 Å². The first-order valence-corrected chi connectivity index (χ1v) is 7.35. The summed E-state index contributed by atoms with van der Waals surface area (Å²) in [7, 11) is 0. The van der Waals surface area contributed by atoms with Crippen LogP contribution in [0.2, 0.25) is 0 Å². The molecule has 0 fully saturated rings. The van der Waals surface area contributed by atoms with Crippen molar-refractivity contribution in [3.8, 4) is 0 Å². The minimum Gasteiger partial charge on any atom is -0.352 e. The summed E-state index contributed by atoms with van der Waals surface area (Å²) in [4.78, 5) is 16.8. The number of hydrogen-bond donors (Lipinski definition) is 2. The number of aryl methyl sites for hydroxylation is 1. The van der Waals surface area contributed by atoms with Crippen LogP contribution in [0.4, 0.5) is 0 Å². The smallest absolute Gasteiger partial charge is 0.252 e. The highest BCUT2D eigenvalue weighted by atomic mass is 79.9. The zero-order valence-corrected chi connectivity index (χ0v) is 13.2. The monoisotopic (exact) mass is 335 g/mol. The van der Waals surface area contributed by atoms with Gasteiger partial charge < -0.3 is 11.1 Å². The normalized spacial score (nSPS) is 12.4. The summed E-state index contributed by atoms with van der Waals surface area (Å²) in [5.41, 5.74) is 7.86. The molecule has 0 radical (unpaired) electrons. The molecule has 0 bridgehead atoms. The van der Waals surface area contributed by atoms with Crippen molar-refractivity contribution in [1.82, 2.24) is 10.3 Å². The standard InChI is InChI=1S/C15H18BrN3O/c1-9(7-17)8-18-15(20)13-5-10(2)19-14-6-11(16)3-4-12(13)14/h3-6,9H,7-8,17H2,1-2H3,(H,18,20). The minimum atomic E-state index is -0.0804. The Hall–Kier alpha value is -1.46. The number of aromatic nitrogens is 1. The first-order chi connectivity index (χ1) is 9.51. The van der Waals surface area contributed by atoms with Crippen LogP contribution in [-0.2, 0) is 0 Å². The number of fused-ring (bicyclic) bond motifs is 1. The Bertz CT molecular complexity index is 637. The average Bonchev–Trinajstić information content (AvgIpc) is 2.42. The van der Waals surface area contributed by atoms with Crippen LogP contribution in [-0.4, -0.2) is 24.0 Å². The summed E-state index contributed by atoms with van der Waals surface area (Å²) in [6, 6.07) is 7.56. The van der Waals surface area contributed by atoms with Crippen molar-refractivity contribution in [3.05, 3.63) is 40.0 Å². The van der Waals surface area contributed by atoms with Crippen molar-refractivity contribution in [3.63, 3.8) is 0 Å². The maximum absolute atomic E-state index is 12.3. The van der Waals surface area contributed by atoms with Gasteiger partial charge in [0.25, 0.3) is 5.91 Å². The number of nitrogens with zero attached hydrogens (tertiary/aromatic N) is 1. The Morgan fingerprint density at radius 3 is 2.90 bits per heavy atom. The summed E-state index contributed by atoms with van der Waals surface area (Å²) < 4.78 is 0.950. The molecule has 1 amide bonds. The molecule has 0 saturated carbocycles. The Morgan fingerprint density at radius 2 is 2.20 bits per heavy atom.